The Balaban J connectivity index is 1.80. The van der Waals surface area contributed by atoms with Crippen LogP contribution in [-0.4, -0.2) is 33.6 Å². The number of hydrogen-bond acceptors (Lipinski definition) is 7. The number of hydrogen-bond donors (Lipinski definition) is 0. The Bertz CT molecular complexity index is 1560. The van der Waals surface area contributed by atoms with Gasteiger partial charge in [0.2, 0.25) is 0 Å². The van der Waals surface area contributed by atoms with E-state index < -0.39 is 14.9 Å². The first kappa shape index (κ1) is 22.6. The van der Waals surface area contributed by atoms with Crippen LogP contribution >= 0.6 is 0 Å². The van der Waals surface area contributed by atoms with E-state index in [1.807, 2.05) is 6.07 Å². The molecule has 0 fully saturated rings. The largest absolute Gasteiger partial charge is 0.279 e. The minimum Gasteiger partial charge on any atom is -0.258 e. The number of nitriles is 1. The fourth-order valence-corrected chi connectivity index (χ4v) is 4.78. The average molecular weight is 475 g/mol. The third-order valence-electron chi connectivity index (χ3n) is 5.10. The van der Waals surface area contributed by atoms with Gasteiger partial charge >= 0.3 is 0 Å². The molecule has 0 radical (unpaired) electrons. The third kappa shape index (κ3) is 4.48. The summed E-state index contributed by atoms with van der Waals surface area (Å²) in [5.74, 6) is 0. The van der Waals surface area contributed by atoms with Crippen molar-refractivity contribution in [2.24, 2.45) is 5.10 Å². The molecule has 2 heterocycles. The molecule has 0 spiro atoms. The van der Waals surface area contributed by atoms with Crippen LogP contribution in [0.4, 0.5) is 5.69 Å². The van der Waals surface area contributed by atoms with Crippen molar-refractivity contribution in [3.63, 3.8) is 0 Å². The van der Waals surface area contributed by atoms with Crippen molar-refractivity contribution >= 4 is 27.4 Å². The monoisotopic (exact) mass is 474 g/mol. The van der Waals surface area contributed by atoms with Gasteiger partial charge in [-0.25, -0.2) is 4.52 Å². The van der Waals surface area contributed by atoms with Gasteiger partial charge in [0.15, 0.2) is 0 Å². The van der Waals surface area contributed by atoms with E-state index in [-0.39, 0.29) is 17.1 Å². The highest BCUT2D eigenvalue weighted by Crippen LogP contribution is 2.26. The lowest BCUT2D eigenvalue weighted by molar-refractivity contribution is -0.385. The first-order valence-electron chi connectivity index (χ1n) is 10.0. The van der Waals surface area contributed by atoms with E-state index in [1.165, 1.54) is 24.5 Å². The molecule has 0 aliphatic heterocycles. The molecule has 0 unspecified atom stereocenters. The van der Waals surface area contributed by atoms with Gasteiger partial charge in [0.05, 0.1) is 45.9 Å². The lowest BCUT2D eigenvalue weighted by atomic mass is 10.2. The minimum atomic E-state index is -4.25. The lowest BCUT2D eigenvalue weighted by Gasteiger charge is -2.20. The van der Waals surface area contributed by atoms with Gasteiger partial charge in [-0.05, 0) is 30.2 Å². The second-order valence-corrected chi connectivity index (χ2v) is 9.19. The fraction of sp³-hybridized carbons (Fsp3) is 0.0870. The van der Waals surface area contributed by atoms with Crippen LogP contribution in [0.25, 0.3) is 5.52 Å². The number of fused-ring (bicyclic) bond motifs is 1. The molecular weight excluding hydrogens is 456 g/mol. The summed E-state index contributed by atoms with van der Waals surface area (Å²) in [5.41, 5.74) is 2.20. The molecule has 2 aromatic carbocycles. The highest BCUT2D eigenvalue weighted by Gasteiger charge is 2.27. The summed E-state index contributed by atoms with van der Waals surface area (Å²) in [5, 5.41) is 28.9. The van der Waals surface area contributed by atoms with E-state index in [0.29, 0.717) is 27.8 Å². The van der Waals surface area contributed by atoms with E-state index in [1.54, 1.807) is 54.0 Å². The van der Waals surface area contributed by atoms with E-state index >= 15 is 0 Å². The molecule has 2 aromatic heterocycles. The van der Waals surface area contributed by atoms with E-state index in [0.717, 1.165) is 10.5 Å². The summed E-state index contributed by atoms with van der Waals surface area (Å²) < 4.78 is 29.6. The zero-order valence-corrected chi connectivity index (χ0v) is 18.8. The van der Waals surface area contributed by atoms with Crippen molar-refractivity contribution in [2.45, 2.75) is 18.4 Å². The molecule has 0 saturated carbocycles. The molecule has 4 aromatic rings. The Labute approximate surface area is 195 Å². The summed E-state index contributed by atoms with van der Waals surface area (Å²) in [4.78, 5) is 10.4. The zero-order valence-electron chi connectivity index (χ0n) is 17.9. The Morgan fingerprint density at radius 3 is 2.68 bits per heavy atom. The number of nitro benzene ring substituents is 1. The van der Waals surface area contributed by atoms with E-state index in [4.69, 9.17) is 0 Å². The van der Waals surface area contributed by atoms with Crippen molar-refractivity contribution in [2.75, 3.05) is 0 Å². The maximum absolute atomic E-state index is 13.6. The topological polar surface area (TPSA) is 134 Å². The first-order chi connectivity index (χ1) is 16.3. The number of aromatic nitrogens is 2. The van der Waals surface area contributed by atoms with Gasteiger partial charge in [-0.3, -0.25) is 10.1 Å². The van der Waals surface area contributed by atoms with Crippen LogP contribution in [0.3, 0.4) is 0 Å². The molecule has 0 aliphatic carbocycles. The van der Waals surface area contributed by atoms with Crippen molar-refractivity contribution in [3.8, 4) is 6.07 Å². The molecule has 0 N–H and O–H groups in total. The van der Waals surface area contributed by atoms with Crippen molar-refractivity contribution in [1.82, 2.24) is 14.0 Å². The Morgan fingerprint density at radius 2 is 1.97 bits per heavy atom. The zero-order chi connectivity index (χ0) is 24.3. The van der Waals surface area contributed by atoms with Crippen molar-refractivity contribution < 1.29 is 13.3 Å². The molecule has 11 heteroatoms. The highest BCUT2D eigenvalue weighted by atomic mass is 32.2. The number of nitrogens with zero attached hydrogens (tertiary/aromatic N) is 6. The number of rotatable bonds is 7. The SMILES string of the molecule is Cc1ccc([N+](=O)[O-])cc1S(=O)(=O)N(Cc1ccccc1)/N=C\c1cnn2ccc(C#N)cc12. The molecule has 10 nitrogen and oxygen atoms in total. The van der Waals surface area contributed by atoms with Crippen LogP contribution in [0.2, 0.25) is 0 Å². The second-order valence-electron chi connectivity index (χ2n) is 7.38. The van der Waals surface area contributed by atoms with Crippen molar-refractivity contribution in [1.29, 1.82) is 5.26 Å². The molecule has 4 rings (SSSR count). The van der Waals surface area contributed by atoms with Crippen LogP contribution in [-0.2, 0) is 16.6 Å². The fourth-order valence-electron chi connectivity index (χ4n) is 3.32. The molecule has 0 saturated heterocycles. The molecule has 0 amide bonds. The Morgan fingerprint density at radius 1 is 1.21 bits per heavy atom. The Hall–Kier alpha value is -4.56. The summed E-state index contributed by atoms with van der Waals surface area (Å²) >= 11 is 0. The summed E-state index contributed by atoms with van der Waals surface area (Å²) in [6.07, 6.45) is 4.47. The van der Waals surface area contributed by atoms with Gasteiger partial charge < -0.3 is 0 Å². The normalized spacial score (nSPS) is 11.5. The van der Waals surface area contributed by atoms with Gasteiger partial charge in [-0.2, -0.15) is 28.3 Å². The second kappa shape index (κ2) is 9.13. The summed E-state index contributed by atoms with van der Waals surface area (Å²) in [7, 11) is -4.25. The van der Waals surface area contributed by atoms with E-state index in [9.17, 15) is 23.8 Å². The lowest BCUT2D eigenvalue weighted by Crippen LogP contribution is -2.26. The minimum absolute atomic E-state index is 0.0928. The average Bonchev–Trinajstić information content (AvgIpc) is 3.24. The molecule has 170 valence electrons. The van der Waals surface area contributed by atoms with E-state index in [2.05, 4.69) is 16.3 Å². The number of sulfonamides is 1. The van der Waals surface area contributed by atoms with Gasteiger partial charge in [0, 0.05) is 23.9 Å². The van der Waals surface area contributed by atoms with Crippen LogP contribution in [0.1, 0.15) is 22.3 Å². The smallest absolute Gasteiger partial charge is 0.258 e. The first-order valence-corrected chi connectivity index (χ1v) is 11.5. The van der Waals surface area contributed by atoms with Gasteiger partial charge in [0.25, 0.3) is 15.7 Å². The van der Waals surface area contributed by atoms with Crippen LogP contribution in [0.5, 0.6) is 0 Å². The molecule has 0 bridgehead atoms. The quantitative estimate of drug-likeness (QED) is 0.228. The maximum Gasteiger partial charge on any atom is 0.279 e. The molecule has 34 heavy (non-hydrogen) atoms. The third-order valence-corrected chi connectivity index (χ3v) is 6.88. The number of hydrazone groups is 1. The predicted molar refractivity (Wildman–Crippen MR) is 125 cm³/mol. The number of nitro groups is 1. The summed E-state index contributed by atoms with van der Waals surface area (Å²) in [6, 6.07) is 17.8. The summed E-state index contributed by atoms with van der Waals surface area (Å²) in [6.45, 7) is 1.47. The van der Waals surface area contributed by atoms with Gasteiger partial charge in [-0.1, -0.05) is 36.4 Å². The van der Waals surface area contributed by atoms with Gasteiger partial charge in [-0.15, -0.1) is 0 Å². The Kier molecular flexibility index (Phi) is 6.07. The standard InChI is InChI=1S/C23H18N6O4S/c1-17-7-8-21(29(30)31)12-23(17)34(32,33)28(16-18-5-3-2-4-6-18)26-15-20-14-25-27-10-9-19(13-24)11-22(20)27/h2-12,14-15H,16H2,1H3/b26-15-. The van der Waals surface area contributed by atoms with Crippen LogP contribution in [0.15, 0.2) is 83.1 Å². The highest BCUT2D eigenvalue weighted by molar-refractivity contribution is 7.89. The predicted octanol–water partition coefficient (Wildman–Crippen LogP) is 3.65. The van der Waals surface area contributed by atoms with Gasteiger partial charge in [0.1, 0.15) is 0 Å². The van der Waals surface area contributed by atoms with Crippen molar-refractivity contribution in [3.05, 3.63) is 105 Å². The molecular formula is C23H18N6O4S. The van der Waals surface area contributed by atoms with Crippen LogP contribution in [0, 0.1) is 28.4 Å². The number of pyridine rings is 1. The molecule has 0 atom stereocenters. The number of non-ortho nitro benzene ring substituents is 1. The molecule has 0 aliphatic rings. The maximum atomic E-state index is 13.6. The number of benzene rings is 2. The number of aryl methyl sites for hydroxylation is 1. The van der Waals surface area contributed by atoms with Crippen LogP contribution < -0.4 is 0 Å².